The number of nitrogens with one attached hydrogen (secondary N) is 1. The average molecular weight is 310 g/mol. The highest BCUT2D eigenvalue weighted by Crippen LogP contribution is 2.57. The molecule has 1 aliphatic carbocycles. The Morgan fingerprint density at radius 1 is 1.52 bits per heavy atom. The van der Waals surface area contributed by atoms with E-state index in [4.69, 9.17) is 22.1 Å². The summed E-state index contributed by atoms with van der Waals surface area (Å²) in [6.45, 7) is 4.74. The van der Waals surface area contributed by atoms with Crippen LogP contribution in [0, 0.1) is 11.3 Å². The lowest BCUT2D eigenvalue weighted by molar-refractivity contribution is -0.222. The first-order chi connectivity index (χ1) is 9.87. The molecule has 2 heterocycles. The Kier molecular flexibility index (Phi) is 3.47. The van der Waals surface area contributed by atoms with Crippen LogP contribution in [0.2, 0.25) is 5.02 Å². The number of anilines is 1. The summed E-state index contributed by atoms with van der Waals surface area (Å²) in [6.07, 6.45) is 3.42. The van der Waals surface area contributed by atoms with Crippen molar-refractivity contribution in [3.63, 3.8) is 0 Å². The summed E-state index contributed by atoms with van der Waals surface area (Å²) in [5, 5.41) is 3.34. The fourth-order valence-corrected chi connectivity index (χ4v) is 3.82. The van der Waals surface area contributed by atoms with Crippen LogP contribution in [-0.4, -0.2) is 29.1 Å². The Balaban J connectivity index is 1.81. The van der Waals surface area contributed by atoms with Crippen molar-refractivity contribution in [3.05, 3.63) is 23.4 Å². The van der Waals surface area contributed by atoms with Crippen LogP contribution in [0.1, 0.15) is 26.7 Å². The molecule has 1 aromatic heterocycles. The van der Waals surface area contributed by atoms with Crippen LogP contribution in [0.15, 0.2) is 18.3 Å². The van der Waals surface area contributed by atoms with Crippen molar-refractivity contribution in [1.82, 2.24) is 4.98 Å². The fourth-order valence-electron chi connectivity index (χ4n) is 3.71. The third-order valence-corrected chi connectivity index (χ3v) is 5.25. The average Bonchev–Trinajstić information content (AvgIpc) is 2.48. The van der Waals surface area contributed by atoms with E-state index in [0.717, 1.165) is 19.4 Å². The SMILES string of the molecule is CC1(C)C2OCCCC2C1(N)C(=O)Nc1ccc(Cl)cn1. The first kappa shape index (κ1) is 14.8. The van der Waals surface area contributed by atoms with Crippen LogP contribution in [0.5, 0.6) is 0 Å². The molecule has 6 heteroatoms. The lowest BCUT2D eigenvalue weighted by Gasteiger charge is -2.65. The molecule has 0 bridgehead atoms. The minimum Gasteiger partial charge on any atom is -0.377 e. The number of fused-ring (bicyclic) bond motifs is 1. The number of carbonyl (C=O) groups is 1. The van der Waals surface area contributed by atoms with Gasteiger partial charge < -0.3 is 15.8 Å². The molecule has 21 heavy (non-hydrogen) atoms. The summed E-state index contributed by atoms with van der Waals surface area (Å²) in [5.41, 5.74) is 5.19. The molecule has 5 nitrogen and oxygen atoms in total. The van der Waals surface area contributed by atoms with Gasteiger partial charge in [0.1, 0.15) is 11.4 Å². The number of pyridine rings is 1. The predicted molar refractivity (Wildman–Crippen MR) is 81.0 cm³/mol. The van der Waals surface area contributed by atoms with Crippen LogP contribution >= 0.6 is 11.6 Å². The van der Waals surface area contributed by atoms with Gasteiger partial charge in [0.25, 0.3) is 0 Å². The number of hydrogen-bond donors (Lipinski definition) is 2. The fraction of sp³-hybridized carbons (Fsp3) is 0.600. The number of amides is 1. The molecule has 3 N–H and O–H groups in total. The van der Waals surface area contributed by atoms with Gasteiger partial charge in [0.15, 0.2) is 0 Å². The Hall–Kier alpha value is -1.17. The highest BCUT2D eigenvalue weighted by Gasteiger charge is 2.70. The minimum atomic E-state index is -0.931. The van der Waals surface area contributed by atoms with Crippen LogP contribution < -0.4 is 11.1 Å². The van der Waals surface area contributed by atoms with Crippen LogP contribution in [0.25, 0.3) is 0 Å². The van der Waals surface area contributed by atoms with E-state index >= 15 is 0 Å². The van der Waals surface area contributed by atoms with Crippen molar-refractivity contribution in [2.75, 3.05) is 11.9 Å². The van der Waals surface area contributed by atoms with Gasteiger partial charge in [-0.15, -0.1) is 0 Å². The smallest absolute Gasteiger partial charge is 0.246 e. The van der Waals surface area contributed by atoms with E-state index in [1.807, 2.05) is 13.8 Å². The molecule has 1 aromatic rings. The zero-order chi connectivity index (χ0) is 15.3. The molecule has 3 unspecified atom stereocenters. The molecule has 3 atom stereocenters. The third kappa shape index (κ3) is 2.06. The lowest BCUT2D eigenvalue weighted by Crippen LogP contribution is -2.81. The van der Waals surface area contributed by atoms with Crippen molar-refractivity contribution in [2.45, 2.75) is 38.3 Å². The molecule has 0 spiro atoms. The molecule has 1 saturated carbocycles. The lowest BCUT2D eigenvalue weighted by atomic mass is 9.46. The molecule has 2 fully saturated rings. The predicted octanol–water partition coefficient (Wildman–Crippen LogP) is 2.21. The van der Waals surface area contributed by atoms with E-state index < -0.39 is 11.0 Å². The Labute approximate surface area is 129 Å². The second kappa shape index (κ2) is 4.93. The van der Waals surface area contributed by atoms with Gasteiger partial charge in [-0.1, -0.05) is 25.4 Å². The van der Waals surface area contributed by atoms with Crippen molar-refractivity contribution < 1.29 is 9.53 Å². The number of nitrogens with zero attached hydrogens (tertiary/aromatic N) is 1. The third-order valence-electron chi connectivity index (χ3n) is 5.03. The maximum atomic E-state index is 12.7. The number of halogens is 1. The molecule has 0 radical (unpaired) electrons. The van der Waals surface area contributed by atoms with Crippen molar-refractivity contribution in [2.24, 2.45) is 17.1 Å². The maximum Gasteiger partial charge on any atom is 0.246 e. The van der Waals surface area contributed by atoms with Crippen molar-refractivity contribution in [3.8, 4) is 0 Å². The van der Waals surface area contributed by atoms with Gasteiger partial charge in [0.2, 0.25) is 5.91 Å². The van der Waals surface area contributed by atoms with E-state index in [-0.39, 0.29) is 17.9 Å². The van der Waals surface area contributed by atoms with Crippen LogP contribution in [0.3, 0.4) is 0 Å². The van der Waals surface area contributed by atoms with Gasteiger partial charge in [-0.25, -0.2) is 4.98 Å². The topological polar surface area (TPSA) is 77.2 Å². The molecule has 3 rings (SSSR count). The number of hydrogen-bond acceptors (Lipinski definition) is 4. The van der Waals surface area contributed by atoms with Gasteiger partial charge in [-0.3, -0.25) is 4.79 Å². The summed E-state index contributed by atoms with van der Waals surface area (Å²) >= 11 is 5.80. The first-order valence-electron chi connectivity index (χ1n) is 7.21. The van der Waals surface area contributed by atoms with E-state index in [9.17, 15) is 4.79 Å². The maximum absolute atomic E-state index is 12.7. The van der Waals surface area contributed by atoms with Crippen molar-refractivity contribution >= 4 is 23.3 Å². The molecular weight excluding hydrogens is 290 g/mol. The minimum absolute atomic E-state index is 0.0557. The second-order valence-corrected chi connectivity index (χ2v) is 6.88. The largest absolute Gasteiger partial charge is 0.377 e. The monoisotopic (exact) mass is 309 g/mol. The van der Waals surface area contributed by atoms with Gasteiger partial charge in [-0.2, -0.15) is 0 Å². The standard InChI is InChI=1S/C15H20ClN3O2/c1-14(2)12-10(4-3-7-21-12)15(14,17)13(20)19-11-6-5-9(16)8-18-11/h5-6,8,10,12H,3-4,7,17H2,1-2H3,(H,18,19,20). The highest BCUT2D eigenvalue weighted by molar-refractivity contribution is 6.30. The van der Waals surface area contributed by atoms with Crippen molar-refractivity contribution in [1.29, 1.82) is 0 Å². The normalized spacial score (nSPS) is 33.7. The van der Waals surface area contributed by atoms with Gasteiger partial charge >= 0.3 is 0 Å². The zero-order valence-electron chi connectivity index (χ0n) is 12.2. The summed E-state index contributed by atoms with van der Waals surface area (Å²) in [6, 6.07) is 3.36. The quantitative estimate of drug-likeness (QED) is 0.878. The molecule has 0 aromatic carbocycles. The summed E-state index contributed by atoms with van der Waals surface area (Å²) < 4.78 is 5.81. The number of rotatable bonds is 2. The Bertz CT molecular complexity index is 561. The van der Waals surface area contributed by atoms with Gasteiger partial charge in [0.05, 0.1) is 11.1 Å². The van der Waals surface area contributed by atoms with Gasteiger partial charge in [0, 0.05) is 24.1 Å². The van der Waals surface area contributed by atoms with E-state index in [1.165, 1.54) is 6.20 Å². The molecule has 1 aliphatic heterocycles. The number of carbonyl (C=O) groups excluding carboxylic acids is 1. The molecule has 114 valence electrons. The summed E-state index contributed by atoms with van der Waals surface area (Å²) in [7, 11) is 0. The first-order valence-corrected chi connectivity index (χ1v) is 7.58. The van der Waals surface area contributed by atoms with E-state index in [0.29, 0.717) is 10.8 Å². The van der Waals surface area contributed by atoms with E-state index in [1.54, 1.807) is 12.1 Å². The van der Waals surface area contributed by atoms with E-state index in [2.05, 4.69) is 10.3 Å². The molecule has 2 aliphatic rings. The second-order valence-electron chi connectivity index (χ2n) is 6.45. The zero-order valence-corrected chi connectivity index (χ0v) is 13.0. The highest BCUT2D eigenvalue weighted by atomic mass is 35.5. The Morgan fingerprint density at radius 2 is 2.29 bits per heavy atom. The Morgan fingerprint density at radius 3 is 2.95 bits per heavy atom. The van der Waals surface area contributed by atoms with Crippen LogP contribution in [0.4, 0.5) is 5.82 Å². The number of ether oxygens (including phenoxy) is 1. The van der Waals surface area contributed by atoms with Gasteiger partial charge in [-0.05, 0) is 25.0 Å². The van der Waals surface area contributed by atoms with Crippen LogP contribution in [-0.2, 0) is 9.53 Å². The summed E-state index contributed by atoms with van der Waals surface area (Å²) in [4.78, 5) is 16.8. The summed E-state index contributed by atoms with van der Waals surface area (Å²) in [5.74, 6) is 0.327. The molecule has 1 amide bonds. The molecular formula is C15H20ClN3O2. The number of nitrogens with two attached hydrogens (primary N) is 1. The molecule has 1 saturated heterocycles. The number of aromatic nitrogens is 1.